The molecule has 2 aromatic carbocycles. The smallest absolute Gasteiger partial charge is 0.410 e. The Bertz CT molecular complexity index is 1340. The van der Waals surface area contributed by atoms with Gasteiger partial charge in [-0.2, -0.15) is 0 Å². The molecule has 1 N–H and O–H groups in total. The Morgan fingerprint density at radius 3 is 2.40 bits per heavy atom. The van der Waals surface area contributed by atoms with Gasteiger partial charge in [0, 0.05) is 72.9 Å². The third kappa shape index (κ3) is 8.99. The van der Waals surface area contributed by atoms with Crippen LogP contribution in [-0.2, 0) is 22.4 Å². The van der Waals surface area contributed by atoms with Gasteiger partial charge >= 0.3 is 12.1 Å². The summed E-state index contributed by atoms with van der Waals surface area (Å²) in [4.78, 5) is 50.4. The number of hydrogen-bond donors (Lipinski definition) is 1. The highest BCUT2D eigenvalue weighted by Crippen LogP contribution is 2.27. The number of carbonyl (C=O) groups is 3. The van der Waals surface area contributed by atoms with Gasteiger partial charge in [-0.15, -0.1) is 0 Å². The van der Waals surface area contributed by atoms with Crippen molar-refractivity contribution in [1.82, 2.24) is 24.5 Å². The monoisotopic (exact) mass is 746 g/mol. The summed E-state index contributed by atoms with van der Waals surface area (Å²) in [5.74, 6) is -0.147. The van der Waals surface area contributed by atoms with Gasteiger partial charge in [0.2, 0.25) is 0 Å². The first-order valence-corrected chi connectivity index (χ1v) is 17.5. The number of nitrogens with zero attached hydrogens (tertiary/aromatic N) is 5. The van der Waals surface area contributed by atoms with Crippen LogP contribution >= 0.6 is 31.9 Å². The van der Waals surface area contributed by atoms with Gasteiger partial charge in [-0.25, -0.2) is 9.59 Å². The van der Waals surface area contributed by atoms with Crippen molar-refractivity contribution >= 4 is 55.6 Å². The van der Waals surface area contributed by atoms with Gasteiger partial charge in [0.05, 0.1) is 0 Å². The zero-order chi connectivity index (χ0) is 31.9. The van der Waals surface area contributed by atoms with Crippen LogP contribution in [-0.4, -0.2) is 128 Å². The number of nitrogens with one attached hydrogen (secondary N) is 1. The number of para-hydroxylation sites is 1. The Kier molecular flexibility index (Phi) is 11.8. The van der Waals surface area contributed by atoms with Gasteiger partial charge in [-0.05, 0) is 114 Å². The normalized spacial score (nSPS) is 18.8. The lowest BCUT2D eigenvalue weighted by atomic mass is 10.0. The zero-order valence-corrected chi connectivity index (χ0v) is 29.4. The molecule has 12 heteroatoms. The maximum atomic E-state index is 13.8. The van der Waals surface area contributed by atoms with Crippen molar-refractivity contribution in [1.29, 1.82) is 0 Å². The Morgan fingerprint density at radius 2 is 1.69 bits per heavy atom. The second-order valence-electron chi connectivity index (χ2n) is 12.4. The van der Waals surface area contributed by atoms with Crippen LogP contribution in [0.15, 0.2) is 51.4 Å². The Labute approximate surface area is 283 Å². The minimum absolute atomic E-state index is 0.0370. The largest absolute Gasteiger partial charge is 0.436 e. The Hall–Kier alpha value is -2.67. The fourth-order valence-corrected chi connectivity index (χ4v) is 7.03. The number of carbonyl (C=O) groups excluding carboxylic acids is 3. The van der Waals surface area contributed by atoms with Crippen molar-refractivity contribution in [2.45, 2.75) is 44.2 Å². The summed E-state index contributed by atoms with van der Waals surface area (Å²) < 4.78 is 7.82. The number of anilines is 1. The molecular weight excluding hydrogens is 704 g/mol. The SMILES string of the molecule is CN(C)CCCN1CCN(C(=O)C(Cc2ccc(Br)c(Br)c2)OC(=O)N2CCC(N3CCc4ccccc4NC3=O)CC2)CC1. The van der Waals surface area contributed by atoms with E-state index in [4.69, 9.17) is 4.74 Å². The first-order valence-electron chi connectivity index (χ1n) is 15.9. The summed E-state index contributed by atoms with van der Waals surface area (Å²) in [5.41, 5.74) is 2.91. The Balaban J connectivity index is 1.18. The van der Waals surface area contributed by atoms with E-state index >= 15 is 0 Å². The summed E-state index contributed by atoms with van der Waals surface area (Å²) in [6.45, 7) is 6.48. The second kappa shape index (κ2) is 15.8. The van der Waals surface area contributed by atoms with E-state index in [1.165, 1.54) is 0 Å². The van der Waals surface area contributed by atoms with Crippen LogP contribution in [0.2, 0.25) is 0 Å². The number of ether oxygens (including phenoxy) is 1. The van der Waals surface area contributed by atoms with Crippen LogP contribution in [0.5, 0.6) is 0 Å². The molecule has 3 aliphatic rings. The van der Waals surface area contributed by atoms with E-state index in [1.54, 1.807) is 4.90 Å². The molecule has 0 radical (unpaired) electrons. The molecule has 10 nitrogen and oxygen atoms in total. The number of rotatable bonds is 9. The van der Waals surface area contributed by atoms with E-state index in [-0.39, 0.29) is 18.0 Å². The molecule has 0 saturated carbocycles. The standard InChI is InChI=1S/C33H44Br2N6O4/c1-37(2)13-5-14-38-18-20-39(21-19-38)31(42)30(23-24-8-9-27(34)28(35)22-24)45-33(44)40-15-11-26(12-16-40)41-17-10-25-6-3-4-7-29(25)36-32(41)43/h3-4,6-9,22,26,30H,5,10-21,23H2,1-2H3,(H,36,43). The van der Waals surface area contributed by atoms with Gasteiger partial charge in [0.15, 0.2) is 6.10 Å². The summed E-state index contributed by atoms with van der Waals surface area (Å²) in [6, 6.07) is 13.7. The van der Waals surface area contributed by atoms with E-state index < -0.39 is 12.2 Å². The van der Waals surface area contributed by atoms with Crippen LogP contribution in [0.1, 0.15) is 30.4 Å². The quantitative estimate of drug-likeness (QED) is 0.393. The summed E-state index contributed by atoms with van der Waals surface area (Å²) in [6.07, 6.45) is 2.10. The zero-order valence-electron chi connectivity index (χ0n) is 26.2. The number of urea groups is 1. The third-order valence-electron chi connectivity index (χ3n) is 8.99. The molecule has 2 saturated heterocycles. The number of piperazine rings is 1. The average Bonchev–Trinajstić information content (AvgIpc) is 3.20. The summed E-state index contributed by atoms with van der Waals surface area (Å²) >= 11 is 7.07. The molecule has 2 aromatic rings. The van der Waals surface area contributed by atoms with Gasteiger partial charge in [0.25, 0.3) is 5.91 Å². The molecule has 3 heterocycles. The molecule has 5 rings (SSSR count). The number of halogens is 2. The third-order valence-corrected chi connectivity index (χ3v) is 10.9. The highest BCUT2D eigenvalue weighted by Gasteiger charge is 2.35. The molecule has 45 heavy (non-hydrogen) atoms. The summed E-state index contributed by atoms with van der Waals surface area (Å²) in [5, 5.41) is 3.05. The molecule has 1 atom stereocenters. The lowest BCUT2D eigenvalue weighted by molar-refractivity contribution is -0.142. The maximum Gasteiger partial charge on any atom is 0.410 e. The van der Waals surface area contributed by atoms with E-state index in [2.05, 4.69) is 67.1 Å². The van der Waals surface area contributed by atoms with Crippen molar-refractivity contribution in [3.05, 3.63) is 62.5 Å². The number of likely N-dealkylation sites (tertiary alicyclic amines) is 1. The number of benzene rings is 2. The van der Waals surface area contributed by atoms with Crippen LogP contribution in [0.25, 0.3) is 0 Å². The van der Waals surface area contributed by atoms with Crippen molar-refractivity contribution in [2.24, 2.45) is 0 Å². The highest BCUT2D eigenvalue weighted by molar-refractivity contribution is 9.13. The minimum Gasteiger partial charge on any atom is -0.436 e. The van der Waals surface area contributed by atoms with Gasteiger partial charge in [-0.3, -0.25) is 9.69 Å². The number of piperidine rings is 1. The van der Waals surface area contributed by atoms with E-state index in [1.807, 2.05) is 46.2 Å². The van der Waals surface area contributed by atoms with Crippen LogP contribution in [0, 0.1) is 0 Å². The molecule has 0 spiro atoms. The van der Waals surface area contributed by atoms with Gasteiger partial charge in [0.1, 0.15) is 0 Å². The minimum atomic E-state index is -0.918. The van der Waals surface area contributed by atoms with Crippen molar-refractivity contribution in [2.75, 3.05) is 78.3 Å². The number of hydrogen-bond acceptors (Lipinski definition) is 6. The second-order valence-corrected chi connectivity index (χ2v) is 14.1. The Morgan fingerprint density at radius 1 is 0.956 bits per heavy atom. The average molecular weight is 749 g/mol. The highest BCUT2D eigenvalue weighted by atomic mass is 79.9. The fraction of sp³-hybridized carbons (Fsp3) is 0.545. The molecule has 0 aromatic heterocycles. The molecular formula is C33H44Br2N6O4. The van der Waals surface area contributed by atoms with Crippen LogP contribution < -0.4 is 5.32 Å². The van der Waals surface area contributed by atoms with E-state index in [0.717, 1.165) is 64.8 Å². The molecule has 2 fully saturated rings. The first-order chi connectivity index (χ1) is 21.7. The molecule has 1 unspecified atom stereocenters. The molecule has 4 amide bonds. The number of fused-ring (bicyclic) bond motifs is 1. The first kappa shape index (κ1) is 33.7. The predicted octanol–water partition coefficient (Wildman–Crippen LogP) is 4.91. The fourth-order valence-electron chi connectivity index (χ4n) is 6.36. The van der Waals surface area contributed by atoms with Gasteiger partial charge in [-0.1, -0.05) is 24.3 Å². The van der Waals surface area contributed by atoms with Crippen LogP contribution in [0.3, 0.4) is 0 Å². The van der Waals surface area contributed by atoms with Gasteiger partial charge < -0.3 is 29.7 Å². The summed E-state index contributed by atoms with van der Waals surface area (Å²) in [7, 11) is 4.16. The van der Waals surface area contributed by atoms with Crippen molar-refractivity contribution in [3.8, 4) is 0 Å². The molecule has 0 aliphatic carbocycles. The van der Waals surface area contributed by atoms with E-state index in [9.17, 15) is 14.4 Å². The molecule has 3 aliphatic heterocycles. The van der Waals surface area contributed by atoms with Crippen molar-refractivity contribution < 1.29 is 19.1 Å². The number of amides is 4. The van der Waals surface area contributed by atoms with Crippen molar-refractivity contribution in [3.63, 3.8) is 0 Å². The predicted molar refractivity (Wildman–Crippen MR) is 182 cm³/mol. The topological polar surface area (TPSA) is 88.7 Å². The van der Waals surface area contributed by atoms with Crippen LogP contribution in [0.4, 0.5) is 15.3 Å². The lowest BCUT2D eigenvalue weighted by Crippen LogP contribution is -2.54. The molecule has 0 bridgehead atoms. The molecule has 244 valence electrons. The van der Waals surface area contributed by atoms with E-state index in [0.29, 0.717) is 52.0 Å². The maximum absolute atomic E-state index is 13.8. The lowest BCUT2D eigenvalue weighted by Gasteiger charge is -2.38.